The van der Waals surface area contributed by atoms with Gasteiger partial charge >= 0.3 is 5.97 Å². The SMILES string of the molecule is N#Cc1ccc(C#Cc2ccc3c(c2)OCC(CN2CC(C(=O)O)C2)=C3)cc1. The van der Waals surface area contributed by atoms with Crippen molar-refractivity contribution in [3.8, 4) is 23.7 Å². The van der Waals surface area contributed by atoms with Crippen molar-refractivity contribution in [1.29, 1.82) is 5.26 Å². The molecule has 2 aliphatic heterocycles. The van der Waals surface area contributed by atoms with Crippen LogP contribution in [0.4, 0.5) is 0 Å². The van der Waals surface area contributed by atoms with Crippen LogP contribution in [0, 0.1) is 29.1 Å². The molecule has 0 saturated carbocycles. The monoisotopic (exact) mass is 370 g/mol. The van der Waals surface area contributed by atoms with Gasteiger partial charge in [-0.15, -0.1) is 0 Å². The molecule has 0 amide bonds. The molecule has 2 aliphatic rings. The molecule has 1 saturated heterocycles. The molecule has 1 fully saturated rings. The lowest BCUT2D eigenvalue weighted by molar-refractivity contribution is -0.147. The first-order valence-electron chi connectivity index (χ1n) is 9.04. The van der Waals surface area contributed by atoms with Gasteiger partial charge in [0.1, 0.15) is 12.4 Å². The van der Waals surface area contributed by atoms with Gasteiger partial charge < -0.3 is 9.84 Å². The van der Waals surface area contributed by atoms with Crippen LogP contribution in [0.25, 0.3) is 6.08 Å². The first-order valence-corrected chi connectivity index (χ1v) is 9.04. The van der Waals surface area contributed by atoms with E-state index in [9.17, 15) is 4.79 Å². The average Bonchev–Trinajstić information content (AvgIpc) is 2.68. The number of hydrogen-bond donors (Lipinski definition) is 1. The fourth-order valence-electron chi connectivity index (χ4n) is 3.29. The van der Waals surface area contributed by atoms with E-state index in [4.69, 9.17) is 15.1 Å². The number of fused-ring (bicyclic) bond motifs is 1. The number of ether oxygens (including phenoxy) is 1. The summed E-state index contributed by atoms with van der Waals surface area (Å²) in [5.74, 6) is 6.07. The van der Waals surface area contributed by atoms with E-state index in [0.717, 1.165) is 34.6 Å². The fourth-order valence-corrected chi connectivity index (χ4v) is 3.29. The van der Waals surface area contributed by atoms with Gasteiger partial charge in [-0.1, -0.05) is 17.9 Å². The van der Waals surface area contributed by atoms with Crippen LogP contribution in [0.1, 0.15) is 22.3 Å². The number of carbonyl (C=O) groups is 1. The molecule has 5 heteroatoms. The molecule has 1 N–H and O–H groups in total. The van der Waals surface area contributed by atoms with E-state index in [1.54, 1.807) is 12.1 Å². The third-order valence-corrected chi connectivity index (χ3v) is 4.88. The van der Waals surface area contributed by atoms with E-state index in [-0.39, 0.29) is 5.92 Å². The maximum absolute atomic E-state index is 10.9. The number of rotatable bonds is 3. The van der Waals surface area contributed by atoms with Gasteiger partial charge in [0, 0.05) is 36.3 Å². The lowest BCUT2D eigenvalue weighted by Crippen LogP contribution is -2.51. The molecule has 0 atom stereocenters. The van der Waals surface area contributed by atoms with E-state index in [1.165, 1.54) is 0 Å². The minimum atomic E-state index is -0.717. The normalized spacial score (nSPS) is 15.8. The van der Waals surface area contributed by atoms with Crippen LogP contribution in [0.2, 0.25) is 0 Å². The van der Waals surface area contributed by atoms with Crippen LogP contribution in [0.5, 0.6) is 5.75 Å². The predicted octanol–water partition coefficient (Wildman–Crippen LogP) is 2.75. The summed E-state index contributed by atoms with van der Waals surface area (Å²) in [7, 11) is 0. The van der Waals surface area contributed by atoms with Crippen LogP contribution in [-0.2, 0) is 4.79 Å². The Bertz CT molecular complexity index is 1050. The van der Waals surface area contributed by atoms with Crippen molar-refractivity contribution in [2.75, 3.05) is 26.2 Å². The number of likely N-dealkylation sites (tertiary alicyclic amines) is 1. The maximum atomic E-state index is 10.9. The Kier molecular flexibility index (Phi) is 4.85. The van der Waals surface area contributed by atoms with E-state index in [0.29, 0.717) is 25.3 Å². The van der Waals surface area contributed by atoms with Gasteiger partial charge in [0.25, 0.3) is 0 Å². The third-order valence-electron chi connectivity index (χ3n) is 4.88. The van der Waals surface area contributed by atoms with Gasteiger partial charge in [-0.3, -0.25) is 9.69 Å². The number of carboxylic acid groups (broad SMARTS) is 1. The number of aliphatic carboxylic acids is 1. The minimum absolute atomic E-state index is 0.241. The fraction of sp³-hybridized carbons (Fsp3) is 0.217. The molecule has 2 aromatic carbocycles. The number of carboxylic acids is 1. The highest BCUT2D eigenvalue weighted by Gasteiger charge is 2.32. The van der Waals surface area contributed by atoms with Gasteiger partial charge in [0.2, 0.25) is 0 Å². The first kappa shape index (κ1) is 17.9. The second-order valence-corrected chi connectivity index (χ2v) is 7.01. The molecule has 0 spiro atoms. The summed E-state index contributed by atoms with van der Waals surface area (Å²) >= 11 is 0. The largest absolute Gasteiger partial charge is 0.489 e. The molecule has 0 aromatic heterocycles. The van der Waals surface area contributed by atoms with Crippen molar-refractivity contribution >= 4 is 12.0 Å². The first-order chi connectivity index (χ1) is 13.6. The zero-order valence-corrected chi connectivity index (χ0v) is 15.2. The van der Waals surface area contributed by atoms with Crippen LogP contribution in [-0.4, -0.2) is 42.2 Å². The lowest BCUT2D eigenvalue weighted by Gasteiger charge is -2.37. The number of nitriles is 1. The van der Waals surface area contributed by atoms with Gasteiger partial charge in [-0.05, 0) is 48.0 Å². The van der Waals surface area contributed by atoms with Crippen molar-refractivity contribution in [2.45, 2.75) is 0 Å². The molecule has 5 nitrogen and oxygen atoms in total. The summed E-state index contributed by atoms with van der Waals surface area (Å²) in [5.41, 5.74) is 4.50. The van der Waals surface area contributed by atoms with E-state index >= 15 is 0 Å². The van der Waals surface area contributed by atoms with Crippen LogP contribution < -0.4 is 4.74 Å². The topological polar surface area (TPSA) is 73.6 Å². The summed E-state index contributed by atoms with van der Waals surface area (Å²) < 4.78 is 5.89. The quantitative estimate of drug-likeness (QED) is 0.841. The Morgan fingerprint density at radius 1 is 1.11 bits per heavy atom. The summed E-state index contributed by atoms with van der Waals surface area (Å²) in [4.78, 5) is 13.0. The number of nitrogens with zero attached hydrogens (tertiary/aromatic N) is 2. The van der Waals surface area contributed by atoms with Crippen molar-refractivity contribution in [3.63, 3.8) is 0 Å². The molecule has 2 heterocycles. The molecular formula is C23H18N2O3. The number of benzene rings is 2. The highest BCUT2D eigenvalue weighted by atomic mass is 16.5. The standard InChI is InChI=1S/C23H18N2O3/c24-11-18-5-2-16(3-6-18)1-4-17-7-8-20-9-19(15-28-22(20)10-17)12-25-13-21(14-25)23(26)27/h2-3,5-10,21H,12-15H2,(H,26,27). The second-order valence-electron chi connectivity index (χ2n) is 7.01. The maximum Gasteiger partial charge on any atom is 0.309 e. The van der Waals surface area contributed by atoms with Crippen molar-refractivity contribution in [3.05, 3.63) is 70.3 Å². The average molecular weight is 370 g/mol. The lowest BCUT2D eigenvalue weighted by atomic mass is 9.98. The summed E-state index contributed by atoms with van der Waals surface area (Å²) in [6, 6.07) is 15.2. The van der Waals surface area contributed by atoms with Gasteiger partial charge in [0.05, 0.1) is 17.6 Å². The van der Waals surface area contributed by atoms with E-state index in [1.807, 2.05) is 30.3 Å². The zero-order valence-electron chi connectivity index (χ0n) is 15.2. The summed E-state index contributed by atoms with van der Waals surface area (Å²) in [5, 5.41) is 17.8. The summed E-state index contributed by atoms with van der Waals surface area (Å²) in [6.45, 7) is 2.45. The van der Waals surface area contributed by atoms with Gasteiger partial charge in [0.15, 0.2) is 0 Å². The molecule has 28 heavy (non-hydrogen) atoms. The highest BCUT2D eigenvalue weighted by Crippen LogP contribution is 2.28. The Labute approximate surface area is 163 Å². The highest BCUT2D eigenvalue weighted by molar-refractivity contribution is 5.71. The molecule has 0 bridgehead atoms. The van der Waals surface area contributed by atoms with E-state index < -0.39 is 5.97 Å². The Morgan fingerprint density at radius 3 is 2.50 bits per heavy atom. The van der Waals surface area contributed by atoms with Crippen LogP contribution in [0.15, 0.2) is 48.0 Å². The smallest absolute Gasteiger partial charge is 0.309 e. The summed E-state index contributed by atoms with van der Waals surface area (Å²) in [6.07, 6.45) is 2.12. The van der Waals surface area contributed by atoms with Gasteiger partial charge in [-0.25, -0.2) is 0 Å². The second kappa shape index (κ2) is 7.60. The molecule has 4 rings (SSSR count). The molecule has 0 aliphatic carbocycles. The van der Waals surface area contributed by atoms with Crippen molar-refractivity contribution < 1.29 is 14.6 Å². The number of hydrogen-bond acceptors (Lipinski definition) is 4. The van der Waals surface area contributed by atoms with Crippen molar-refractivity contribution in [1.82, 2.24) is 4.90 Å². The van der Waals surface area contributed by atoms with Crippen LogP contribution >= 0.6 is 0 Å². The van der Waals surface area contributed by atoms with Crippen LogP contribution in [0.3, 0.4) is 0 Å². The molecule has 0 radical (unpaired) electrons. The third kappa shape index (κ3) is 3.91. The Hall–Kier alpha value is -3.54. The van der Waals surface area contributed by atoms with E-state index in [2.05, 4.69) is 28.9 Å². The molecule has 138 valence electrons. The predicted molar refractivity (Wildman–Crippen MR) is 105 cm³/mol. The molecule has 0 unspecified atom stereocenters. The molecular weight excluding hydrogens is 352 g/mol. The minimum Gasteiger partial charge on any atom is -0.489 e. The zero-order chi connectivity index (χ0) is 19.5. The Balaban J connectivity index is 1.43. The Morgan fingerprint density at radius 2 is 1.79 bits per heavy atom. The van der Waals surface area contributed by atoms with Crippen molar-refractivity contribution in [2.24, 2.45) is 5.92 Å². The molecule has 2 aromatic rings. The van der Waals surface area contributed by atoms with Gasteiger partial charge in [-0.2, -0.15) is 5.26 Å².